The molecule has 2 saturated heterocycles. The predicted molar refractivity (Wildman–Crippen MR) is 159 cm³/mol. The lowest BCUT2D eigenvalue weighted by molar-refractivity contribution is 0.0128. The van der Waals surface area contributed by atoms with Gasteiger partial charge in [0.25, 0.3) is 0 Å². The molecule has 0 atom stereocenters. The van der Waals surface area contributed by atoms with Crippen LogP contribution in [0.1, 0.15) is 141 Å². The molecule has 2 aliphatic heterocycles. The van der Waals surface area contributed by atoms with Gasteiger partial charge in [-0.05, 0) is 93.3 Å². The van der Waals surface area contributed by atoms with Crippen molar-refractivity contribution in [3.05, 3.63) is 0 Å². The second kappa shape index (κ2) is 14.6. The Hall–Kier alpha value is -0.770. The highest BCUT2D eigenvalue weighted by atomic mass is 16.6. The predicted octanol–water partition coefficient (Wildman–Crippen LogP) is 9.75. The molecule has 0 aromatic heterocycles. The number of ether oxygens (including phenoxy) is 2. The zero-order valence-electron chi connectivity index (χ0n) is 27.1. The molecule has 0 N–H and O–H groups in total. The number of carbonyl (C=O) groups excluding carboxylic acids is 1. The second-order valence-electron chi connectivity index (χ2n) is 16.1. The van der Waals surface area contributed by atoms with Crippen LogP contribution in [0, 0.1) is 34.0 Å². The van der Waals surface area contributed by atoms with E-state index in [1.165, 1.54) is 44.9 Å². The summed E-state index contributed by atoms with van der Waals surface area (Å²) in [6.07, 6.45) is 11.9. The first-order valence-corrected chi connectivity index (χ1v) is 15.4. The standard InChI is InChI=1S/C14H27NO2.C10H20.C9H18O/c1-13(2,3)11-7-9-15(10-8-11)12(16)17-14(4,5)6;1-10(2,3)9-7-5-4-6-8-9;1-9(2,3)8-4-6-10-7-5-8/h11H,7-10H2,1-6H3;9H,4-8H2,1-3H3;8H,4-7H2,1-3H3. The van der Waals surface area contributed by atoms with Gasteiger partial charge in [0.1, 0.15) is 5.60 Å². The second-order valence-corrected chi connectivity index (χ2v) is 16.1. The maximum absolute atomic E-state index is 11.9. The summed E-state index contributed by atoms with van der Waals surface area (Å²) in [7, 11) is 0. The van der Waals surface area contributed by atoms with Crippen LogP contribution >= 0.6 is 0 Å². The highest BCUT2D eigenvalue weighted by Crippen LogP contribution is 2.37. The molecule has 1 saturated carbocycles. The normalized spacial score (nSPS) is 21.4. The Labute approximate surface area is 232 Å². The van der Waals surface area contributed by atoms with Crippen LogP contribution in [0.4, 0.5) is 4.79 Å². The van der Waals surface area contributed by atoms with Crippen LogP contribution in [-0.2, 0) is 9.47 Å². The molecule has 0 bridgehead atoms. The molecule has 0 aromatic carbocycles. The lowest BCUT2D eigenvalue weighted by atomic mass is 9.72. The molecule has 0 unspecified atom stereocenters. The first kappa shape index (κ1) is 34.3. The topological polar surface area (TPSA) is 38.8 Å². The minimum Gasteiger partial charge on any atom is -0.444 e. The highest BCUT2D eigenvalue weighted by molar-refractivity contribution is 5.68. The summed E-state index contributed by atoms with van der Waals surface area (Å²) < 4.78 is 10.7. The highest BCUT2D eigenvalue weighted by Gasteiger charge is 2.32. The van der Waals surface area contributed by atoms with Crippen molar-refractivity contribution in [1.82, 2.24) is 4.90 Å². The monoisotopic (exact) mass is 523 g/mol. The van der Waals surface area contributed by atoms with E-state index in [1.807, 2.05) is 25.7 Å². The summed E-state index contributed by atoms with van der Waals surface area (Å²) in [5.74, 6) is 2.59. The quantitative estimate of drug-likeness (QED) is 0.317. The lowest BCUT2D eigenvalue weighted by Crippen LogP contribution is -2.43. The van der Waals surface area contributed by atoms with Gasteiger partial charge in [-0.3, -0.25) is 0 Å². The van der Waals surface area contributed by atoms with Gasteiger partial charge in [0.2, 0.25) is 0 Å². The van der Waals surface area contributed by atoms with Gasteiger partial charge in [-0.2, -0.15) is 0 Å². The molecule has 4 heteroatoms. The Morgan fingerprint density at radius 3 is 1.30 bits per heavy atom. The first-order valence-electron chi connectivity index (χ1n) is 15.4. The van der Waals surface area contributed by atoms with E-state index in [1.54, 1.807) is 0 Å². The van der Waals surface area contributed by atoms with E-state index in [2.05, 4.69) is 62.3 Å². The third-order valence-electron chi connectivity index (χ3n) is 8.65. The van der Waals surface area contributed by atoms with Crippen LogP contribution in [0.2, 0.25) is 0 Å². The molecular weight excluding hydrogens is 458 g/mol. The molecule has 3 aliphatic rings. The van der Waals surface area contributed by atoms with Crippen molar-refractivity contribution in [2.24, 2.45) is 34.0 Å². The van der Waals surface area contributed by atoms with Gasteiger partial charge in [0.05, 0.1) is 0 Å². The smallest absolute Gasteiger partial charge is 0.410 e. The average Bonchev–Trinajstić information content (AvgIpc) is 2.78. The Morgan fingerprint density at radius 2 is 0.973 bits per heavy atom. The van der Waals surface area contributed by atoms with Crippen LogP contribution in [-0.4, -0.2) is 42.9 Å². The summed E-state index contributed by atoms with van der Waals surface area (Å²) in [6, 6.07) is 0. The Morgan fingerprint density at radius 1 is 0.595 bits per heavy atom. The summed E-state index contributed by atoms with van der Waals surface area (Å²) in [4.78, 5) is 13.7. The first-order chi connectivity index (χ1) is 16.8. The largest absolute Gasteiger partial charge is 0.444 e. The van der Waals surface area contributed by atoms with Crippen molar-refractivity contribution in [3.8, 4) is 0 Å². The lowest BCUT2D eigenvalue weighted by Gasteiger charge is -2.39. The molecule has 0 radical (unpaired) electrons. The summed E-state index contributed by atoms with van der Waals surface area (Å²) in [6.45, 7) is 30.3. The molecule has 3 rings (SSSR count). The third-order valence-corrected chi connectivity index (χ3v) is 8.65. The number of nitrogens with zero attached hydrogens (tertiary/aromatic N) is 1. The zero-order valence-corrected chi connectivity index (χ0v) is 27.1. The number of rotatable bonds is 0. The number of piperidine rings is 1. The van der Waals surface area contributed by atoms with Crippen molar-refractivity contribution in [2.75, 3.05) is 26.3 Å². The number of likely N-dealkylation sites (tertiary alicyclic amines) is 1. The average molecular weight is 524 g/mol. The number of hydrogen-bond acceptors (Lipinski definition) is 3. The van der Waals surface area contributed by atoms with Gasteiger partial charge in [0, 0.05) is 26.3 Å². The maximum atomic E-state index is 11.9. The fourth-order valence-corrected chi connectivity index (χ4v) is 5.79. The van der Waals surface area contributed by atoms with E-state index in [4.69, 9.17) is 9.47 Å². The molecule has 0 aromatic rings. The number of hydrogen-bond donors (Lipinski definition) is 0. The van der Waals surface area contributed by atoms with Gasteiger partial charge in [-0.15, -0.1) is 0 Å². The van der Waals surface area contributed by atoms with E-state index < -0.39 is 5.60 Å². The van der Waals surface area contributed by atoms with Crippen LogP contribution in [0.15, 0.2) is 0 Å². The van der Waals surface area contributed by atoms with E-state index in [0.717, 1.165) is 51.0 Å². The minimum atomic E-state index is -0.391. The molecule has 4 nitrogen and oxygen atoms in total. The van der Waals surface area contributed by atoms with Gasteiger partial charge in [-0.1, -0.05) is 81.6 Å². The fourth-order valence-electron chi connectivity index (χ4n) is 5.79. The van der Waals surface area contributed by atoms with E-state index in [0.29, 0.717) is 22.2 Å². The molecular formula is C33H65NO3. The van der Waals surface area contributed by atoms with Crippen molar-refractivity contribution >= 4 is 6.09 Å². The van der Waals surface area contributed by atoms with E-state index in [9.17, 15) is 4.79 Å². The van der Waals surface area contributed by atoms with E-state index >= 15 is 0 Å². The van der Waals surface area contributed by atoms with Crippen molar-refractivity contribution < 1.29 is 14.3 Å². The number of amides is 1. The van der Waals surface area contributed by atoms with Gasteiger partial charge in [-0.25, -0.2) is 4.79 Å². The molecule has 0 spiro atoms. The Bertz CT molecular complexity index is 596. The van der Waals surface area contributed by atoms with Crippen LogP contribution < -0.4 is 0 Å². The molecule has 220 valence electrons. The summed E-state index contributed by atoms with van der Waals surface area (Å²) in [5.41, 5.74) is 1.02. The van der Waals surface area contributed by atoms with Crippen LogP contribution in [0.3, 0.4) is 0 Å². The molecule has 37 heavy (non-hydrogen) atoms. The van der Waals surface area contributed by atoms with Crippen LogP contribution in [0.5, 0.6) is 0 Å². The van der Waals surface area contributed by atoms with Crippen molar-refractivity contribution in [2.45, 2.75) is 146 Å². The van der Waals surface area contributed by atoms with Crippen molar-refractivity contribution in [3.63, 3.8) is 0 Å². The molecule has 1 aliphatic carbocycles. The maximum Gasteiger partial charge on any atom is 0.410 e. The Balaban J connectivity index is 0.000000294. The molecule has 1 amide bonds. The van der Waals surface area contributed by atoms with Gasteiger partial charge < -0.3 is 14.4 Å². The van der Waals surface area contributed by atoms with Gasteiger partial charge in [0.15, 0.2) is 0 Å². The van der Waals surface area contributed by atoms with Crippen LogP contribution in [0.25, 0.3) is 0 Å². The minimum absolute atomic E-state index is 0.162. The van der Waals surface area contributed by atoms with Crippen molar-refractivity contribution in [1.29, 1.82) is 0 Å². The van der Waals surface area contributed by atoms with E-state index in [-0.39, 0.29) is 6.09 Å². The fraction of sp³-hybridized carbons (Fsp3) is 0.970. The Kier molecular flexibility index (Phi) is 13.5. The molecule has 2 heterocycles. The van der Waals surface area contributed by atoms with Gasteiger partial charge >= 0.3 is 6.09 Å². The molecule has 3 fully saturated rings. The summed E-state index contributed by atoms with van der Waals surface area (Å²) >= 11 is 0. The number of carbonyl (C=O) groups is 1. The zero-order chi connectivity index (χ0) is 28.5. The third kappa shape index (κ3) is 14.3. The summed E-state index contributed by atoms with van der Waals surface area (Å²) in [5, 5.41) is 0. The SMILES string of the molecule is CC(C)(C)C1CCCCC1.CC(C)(C)C1CCOCC1.CC(C)(C)OC(=O)N1CCC(C(C)(C)C)CC1.